The minimum absolute atomic E-state index is 0.0459. The summed E-state index contributed by atoms with van der Waals surface area (Å²) in [4.78, 5) is 2.38. The Morgan fingerprint density at radius 1 is 1.16 bits per heavy atom. The van der Waals surface area contributed by atoms with E-state index in [2.05, 4.69) is 28.4 Å². The van der Waals surface area contributed by atoms with E-state index in [1.807, 2.05) is 29.1 Å². The molecule has 1 N–H and O–H groups in total. The Morgan fingerprint density at radius 3 is 2.91 bits per heavy atom. The first-order valence-electron chi connectivity index (χ1n) is 10.8. The summed E-state index contributed by atoms with van der Waals surface area (Å²) >= 11 is 6.66. The molecule has 5 nitrogen and oxygen atoms in total. The molecule has 3 aromatic rings. The van der Waals surface area contributed by atoms with Gasteiger partial charge in [-0.3, -0.25) is 4.90 Å². The predicted octanol–water partition coefficient (Wildman–Crippen LogP) is 4.43. The lowest BCUT2D eigenvalue weighted by Crippen LogP contribution is -2.58. The van der Waals surface area contributed by atoms with Crippen LogP contribution in [0.4, 0.5) is 4.39 Å². The number of benzene rings is 2. The molecule has 1 aromatic heterocycles. The van der Waals surface area contributed by atoms with Gasteiger partial charge >= 0.3 is 0 Å². The van der Waals surface area contributed by atoms with Gasteiger partial charge in [-0.25, -0.2) is 4.39 Å². The molecule has 0 aliphatic carbocycles. The second kappa shape index (κ2) is 7.66. The Hall–Kier alpha value is -2.80. The van der Waals surface area contributed by atoms with Gasteiger partial charge in [-0.2, -0.15) is 0 Å². The van der Waals surface area contributed by atoms with Crippen molar-refractivity contribution in [2.75, 3.05) is 32.9 Å². The van der Waals surface area contributed by atoms with Crippen molar-refractivity contribution in [1.82, 2.24) is 14.8 Å². The maximum absolute atomic E-state index is 13.6. The minimum Gasteiger partial charge on any atom is -0.490 e. The average Bonchev–Trinajstić information content (AvgIpc) is 3.06. The van der Waals surface area contributed by atoms with Gasteiger partial charge in [0.25, 0.3) is 0 Å². The molecule has 0 amide bonds. The monoisotopic (exact) mass is 451 g/mol. The summed E-state index contributed by atoms with van der Waals surface area (Å²) in [6.07, 6.45) is 8.39. The second-order valence-corrected chi connectivity index (χ2v) is 9.12. The van der Waals surface area contributed by atoms with Crippen LogP contribution >= 0.6 is 11.6 Å². The number of dihydropyridines is 1. The number of halogens is 2. The zero-order valence-corrected chi connectivity index (χ0v) is 18.2. The molecule has 0 unspecified atom stereocenters. The van der Waals surface area contributed by atoms with E-state index < -0.39 is 0 Å². The largest absolute Gasteiger partial charge is 0.490 e. The number of hydrogen-bond donors (Lipinski definition) is 1. The van der Waals surface area contributed by atoms with Gasteiger partial charge in [-0.05, 0) is 54.2 Å². The normalized spacial score (nSPS) is 19.6. The van der Waals surface area contributed by atoms with Crippen molar-refractivity contribution in [3.05, 3.63) is 82.9 Å². The molecule has 0 bridgehead atoms. The van der Waals surface area contributed by atoms with E-state index in [0.29, 0.717) is 24.8 Å². The van der Waals surface area contributed by atoms with Crippen molar-refractivity contribution in [2.45, 2.75) is 12.1 Å². The molecule has 0 atom stereocenters. The molecule has 0 saturated carbocycles. The van der Waals surface area contributed by atoms with Gasteiger partial charge in [0.05, 0.1) is 23.8 Å². The minimum atomic E-state index is -0.240. The van der Waals surface area contributed by atoms with Gasteiger partial charge in [-0.15, -0.1) is 0 Å². The third-order valence-corrected chi connectivity index (χ3v) is 6.62. The Bertz CT molecular complexity index is 1260. The standard InChI is InChI=1S/C25H23ClFN3O2/c26-22-11-21(30-6-4-18-9-20(27)1-2-23(18)30)10-19-14-29(7-8-32-24(19)22)13-17-3-5-28-25(12-17)15-31-16-25/h1-6,9-12,28H,7-8,13-16H2. The van der Waals surface area contributed by atoms with E-state index >= 15 is 0 Å². The number of nitrogens with zero attached hydrogens (tertiary/aromatic N) is 2. The van der Waals surface area contributed by atoms with E-state index in [0.717, 1.165) is 47.5 Å². The van der Waals surface area contributed by atoms with Crippen LogP contribution in [-0.2, 0) is 11.3 Å². The van der Waals surface area contributed by atoms with Gasteiger partial charge in [-0.1, -0.05) is 17.7 Å². The SMILES string of the molecule is Fc1ccc2c(ccn2-c2cc(Cl)c3c(c2)CN(CC2=CC4(COC4)NC=C2)CCO3)c1. The molecular formula is C25H23ClFN3O2. The van der Waals surface area contributed by atoms with Crippen LogP contribution in [0.15, 0.2) is 66.5 Å². The molecule has 4 heterocycles. The molecule has 1 saturated heterocycles. The molecule has 32 heavy (non-hydrogen) atoms. The predicted molar refractivity (Wildman–Crippen MR) is 123 cm³/mol. The number of hydrogen-bond acceptors (Lipinski definition) is 4. The van der Waals surface area contributed by atoms with E-state index in [4.69, 9.17) is 21.1 Å². The molecule has 0 radical (unpaired) electrons. The third-order valence-electron chi connectivity index (χ3n) is 6.34. The van der Waals surface area contributed by atoms with Crippen LogP contribution < -0.4 is 10.1 Å². The summed E-state index contributed by atoms with van der Waals surface area (Å²) in [6, 6.07) is 10.8. The van der Waals surface area contributed by atoms with Crippen LogP contribution in [0.3, 0.4) is 0 Å². The fourth-order valence-corrected chi connectivity index (χ4v) is 5.02. The summed E-state index contributed by atoms with van der Waals surface area (Å²) < 4.78 is 27.1. The highest BCUT2D eigenvalue weighted by Gasteiger charge is 2.37. The number of fused-ring (bicyclic) bond motifs is 2. The maximum Gasteiger partial charge on any atom is 0.142 e. The molecular weight excluding hydrogens is 429 g/mol. The van der Waals surface area contributed by atoms with Gasteiger partial charge < -0.3 is 19.4 Å². The summed E-state index contributed by atoms with van der Waals surface area (Å²) in [7, 11) is 0. The van der Waals surface area contributed by atoms with Crippen LogP contribution in [-0.4, -0.2) is 47.9 Å². The number of nitrogens with one attached hydrogen (secondary N) is 1. The van der Waals surface area contributed by atoms with Gasteiger partial charge in [0, 0.05) is 42.5 Å². The Kier molecular flexibility index (Phi) is 4.75. The van der Waals surface area contributed by atoms with Crippen molar-refractivity contribution >= 4 is 22.5 Å². The number of ether oxygens (including phenoxy) is 2. The lowest BCUT2D eigenvalue weighted by Gasteiger charge is -2.41. The first-order chi connectivity index (χ1) is 15.6. The van der Waals surface area contributed by atoms with E-state index in [1.165, 1.54) is 11.6 Å². The number of aromatic nitrogens is 1. The van der Waals surface area contributed by atoms with E-state index in [-0.39, 0.29) is 11.4 Å². The Labute approximate surface area is 190 Å². The van der Waals surface area contributed by atoms with Crippen molar-refractivity contribution in [3.63, 3.8) is 0 Å². The van der Waals surface area contributed by atoms with Crippen molar-refractivity contribution in [3.8, 4) is 11.4 Å². The molecule has 3 aliphatic rings. The van der Waals surface area contributed by atoms with Gasteiger partial charge in [0.2, 0.25) is 0 Å². The van der Waals surface area contributed by atoms with Gasteiger partial charge in [0.1, 0.15) is 23.7 Å². The molecule has 164 valence electrons. The summed E-state index contributed by atoms with van der Waals surface area (Å²) in [5.74, 6) is 0.509. The first kappa shape index (κ1) is 19.9. The van der Waals surface area contributed by atoms with Crippen LogP contribution in [0.1, 0.15) is 5.56 Å². The highest BCUT2D eigenvalue weighted by Crippen LogP contribution is 2.36. The highest BCUT2D eigenvalue weighted by molar-refractivity contribution is 6.32. The van der Waals surface area contributed by atoms with E-state index in [9.17, 15) is 4.39 Å². The molecule has 2 aromatic carbocycles. The molecule has 7 heteroatoms. The topological polar surface area (TPSA) is 38.7 Å². The number of rotatable bonds is 3. The lowest BCUT2D eigenvalue weighted by molar-refractivity contribution is -0.0424. The fraction of sp³-hybridized carbons (Fsp3) is 0.280. The van der Waals surface area contributed by atoms with Crippen molar-refractivity contribution < 1.29 is 13.9 Å². The third kappa shape index (κ3) is 3.48. The molecule has 3 aliphatic heterocycles. The molecule has 1 fully saturated rings. The average molecular weight is 452 g/mol. The van der Waals surface area contributed by atoms with Gasteiger partial charge in [0.15, 0.2) is 0 Å². The van der Waals surface area contributed by atoms with E-state index in [1.54, 1.807) is 12.1 Å². The van der Waals surface area contributed by atoms with Crippen LogP contribution in [0, 0.1) is 5.82 Å². The summed E-state index contributed by atoms with van der Waals surface area (Å²) in [6.45, 7) is 4.38. The first-order valence-corrected chi connectivity index (χ1v) is 11.1. The Balaban J connectivity index is 1.31. The Morgan fingerprint density at radius 2 is 2.06 bits per heavy atom. The summed E-state index contributed by atoms with van der Waals surface area (Å²) in [5.41, 5.74) is 4.15. The fourth-order valence-electron chi connectivity index (χ4n) is 4.73. The van der Waals surface area contributed by atoms with Crippen LogP contribution in [0.5, 0.6) is 5.75 Å². The van der Waals surface area contributed by atoms with Crippen LogP contribution in [0.2, 0.25) is 5.02 Å². The second-order valence-electron chi connectivity index (χ2n) is 8.71. The maximum atomic E-state index is 13.6. The smallest absolute Gasteiger partial charge is 0.142 e. The van der Waals surface area contributed by atoms with Crippen molar-refractivity contribution in [1.29, 1.82) is 0 Å². The lowest BCUT2D eigenvalue weighted by atomic mass is 9.92. The zero-order valence-electron chi connectivity index (χ0n) is 17.5. The molecule has 6 rings (SSSR count). The summed E-state index contributed by atoms with van der Waals surface area (Å²) in [5, 5.41) is 4.85. The zero-order chi connectivity index (χ0) is 21.7. The van der Waals surface area contributed by atoms with Crippen LogP contribution in [0.25, 0.3) is 16.6 Å². The highest BCUT2D eigenvalue weighted by atomic mass is 35.5. The van der Waals surface area contributed by atoms with Crippen molar-refractivity contribution in [2.24, 2.45) is 0 Å². The quantitative estimate of drug-likeness (QED) is 0.639. The molecule has 1 spiro atoms.